The minimum Gasteiger partial charge on any atom is -0.479 e. The third-order valence-electron chi connectivity index (χ3n) is 3.63. The van der Waals surface area contributed by atoms with Gasteiger partial charge in [-0.3, -0.25) is 4.79 Å². The number of ether oxygens (including phenoxy) is 1. The maximum Gasteiger partial charge on any atom is 0.247 e. The van der Waals surface area contributed by atoms with Crippen molar-refractivity contribution in [1.82, 2.24) is 4.90 Å². The first-order chi connectivity index (χ1) is 13.0. The van der Waals surface area contributed by atoms with E-state index in [9.17, 15) is 9.18 Å². The van der Waals surface area contributed by atoms with E-state index in [0.29, 0.717) is 17.9 Å². The van der Waals surface area contributed by atoms with Crippen LogP contribution in [0.25, 0.3) is 6.08 Å². The first kappa shape index (κ1) is 20.4. The van der Waals surface area contributed by atoms with Crippen molar-refractivity contribution in [3.8, 4) is 11.8 Å². The van der Waals surface area contributed by atoms with Gasteiger partial charge in [0.15, 0.2) is 6.61 Å². The summed E-state index contributed by atoms with van der Waals surface area (Å²) >= 11 is 3.31. The van der Waals surface area contributed by atoms with Gasteiger partial charge in [0, 0.05) is 29.2 Å². The van der Waals surface area contributed by atoms with Crippen LogP contribution in [0, 0.1) is 17.1 Å². The summed E-state index contributed by atoms with van der Waals surface area (Å²) in [5.74, 6) is -0.0328. The lowest BCUT2D eigenvalue weighted by Gasteiger charge is -2.20. The van der Waals surface area contributed by atoms with Crippen LogP contribution in [0.15, 0.2) is 65.7 Å². The molecule has 1 amide bonds. The van der Waals surface area contributed by atoms with Crippen molar-refractivity contribution in [3.05, 3.63) is 82.6 Å². The highest BCUT2D eigenvalue weighted by molar-refractivity contribution is 9.10. The zero-order valence-electron chi connectivity index (χ0n) is 14.6. The average molecular weight is 429 g/mol. The Hall–Kier alpha value is -2.91. The molecule has 0 aliphatic rings. The lowest BCUT2D eigenvalue weighted by Crippen LogP contribution is -2.29. The number of halogens is 2. The molecule has 2 aromatic rings. The van der Waals surface area contributed by atoms with Crippen molar-refractivity contribution < 1.29 is 13.9 Å². The quantitative estimate of drug-likeness (QED) is 0.451. The molecular weight excluding hydrogens is 411 g/mol. The van der Waals surface area contributed by atoms with E-state index in [1.807, 2.05) is 6.07 Å². The van der Waals surface area contributed by atoms with E-state index in [2.05, 4.69) is 22.5 Å². The summed E-state index contributed by atoms with van der Waals surface area (Å²) in [5, 5.41) is 8.50. The van der Waals surface area contributed by atoms with E-state index in [1.54, 1.807) is 48.6 Å². The minimum atomic E-state index is -0.364. The maximum atomic E-state index is 14.0. The second-order valence-electron chi connectivity index (χ2n) is 5.59. The molecule has 0 aliphatic carbocycles. The summed E-state index contributed by atoms with van der Waals surface area (Å²) in [6.07, 6.45) is 4.71. The minimum absolute atomic E-state index is 0.0175. The molecule has 0 unspecified atom stereocenters. The van der Waals surface area contributed by atoms with Gasteiger partial charge >= 0.3 is 0 Å². The van der Waals surface area contributed by atoms with Crippen LogP contribution in [0.4, 0.5) is 4.39 Å². The number of carbonyl (C=O) groups excluding carboxylic acids is 1. The third-order valence-corrected chi connectivity index (χ3v) is 4.13. The van der Waals surface area contributed by atoms with Gasteiger partial charge in [0.25, 0.3) is 0 Å². The van der Waals surface area contributed by atoms with Crippen LogP contribution in [0.3, 0.4) is 0 Å². The second-order valence-corrected chi connectivity index (χ2v) is 6.51. The van der Waals surface area contributed by atoms with Crippen molar-refractivity contribution in [2.75, 3.05) is 13.2 Å². The van der Waals surface area contributed by atoms with Crippen LogP contribution in [0.5, 0.6) is 5.75 Å². The zero-order chi connectivity index (χ0) is 19.6. The van der Waals surface area contributed by atoms with E-state index >= 15 is 0 Å². The van der Waals surface area contributed by atoms with Crippen molar-refractivity contribution in [2.45, 2.75) is 6.54 Å². The van der Waals surface area contributed by atoms with Gasteiger partial charge in [-0.05, 0) is 42.0 Å². The molecule has 27 heavy (non-hydrogen) atoms. The smallest absolute Gasteiger partial charge is 0.247 e. The van der Waals surface area contributed by atoms with E-state index in [-0.39, 0.29) is 24.9 Å². The average Bonchev–Trinajstić information content (AvgIpc) is 2.67. The Morgan fingerprint density at radius 1 is 1.30 bits per heavy atom. The van der Waals surface area contributed by atoms with Crippen LogP contribution in [-0.4, -0.2) is 24.0 Å². The van der Waals surface area contributed by atoms with Crippen LogP contribution in [-0.2, 0) is 11.3 Å². The van der Waals surface area contributed by atoms with Gasteiger partial charge in [0.1, 0.15) is 17.6 Å². The van der Waals surface area contributed by atoms with Gasteiger partial charge in [-0.1, -0.05) is 34.1 Å². The van der Waals surface area contributed by atoms with Gasteiger partial charge in [0.2, 0.25) is 5.91 Å². The number of carbonyl (C=O) groups is 1. The van der Waals surface area contributed by atoms with E-state index in [0.717, 1.165) is 10.0 Å². The first-order valence-electron chi connectivity index (χ1n) is 8.15. The largest absolute Gasteiger partial charge is 0.479 e. The van der Waals surface area contributed by atoms with Crippen molar-refractivity contribution in [3.63, 3.8) is 0 Å². The summed E-state index contributed by atoms with van der Waals surface area (Å²) in [4.78, 5) is 14.0. The molecule has 0 aliphatic heterocycles. The Morgan fingerprint density at radius 3 is 2.70 bits per heavy atom. The molecule has 4 nitrogen and oxygen atoms in total. The van der Waals surface area contributed by atoms with Crippen LogP contribution < -0.4 is 4.74 Å². The summed E-state index contributed by atoms with van der Waals surface area (Å²) in [5.41, 5.74) is 1.23. The van der Waals surface area contributed by atoms with Crippen molar-refractivity contribution in [1.29, 1.82) is 5.26 Å². The van der Waals surface area contributed by atoms with Crippen molar-refractivity contribution >= 4 is 27.9 Å². The van der Waals surface area contributed by atoms with Gasteiger partial charge in [-0.25, -0.2) is 4.39 Å². The standard InChI is InChI=1S/C21H18BrFN2O2/c1-2-12-25(15-17-14-18(22)6-9-20(17)23)21(26)10-5-16-3-7-19(8-4-16)27-13-11-24/h2-10,14H,1,12-13,15H2/b10-5+. The molecule has 0 aromatic heterocycles. The second kappa shape index (κ2) is 10.3. The fourth-order valence-corrected chi connectivity index (χ4v) is 2.73. The summed E-state index contributed by atoms with van der Waals surface area (Å²) in [6, 6.07) is 13.5. The Morgan fingerprint density at radius 2 is 2.04 bits per heavy atom. The molecule has 0 heterocycles. The molecule has 0 bridgehead atoms. The summed E-state index contributed by atoms with van der Waals surface area (Å²) in [7, 11) is 0. The molecule has 138 valence electrons. The van der Waals surface area contributed by atoms with Crippen LogP contribution >= 0.6 is 15.9 Å². The molecule has 0 N–H and O–H groups in total. The predicted molar refractivity (Wildman–Crippen MR) is 106 cm³/mol. The topological polar surface area (TPSA) is 53.3 Å². The molecule has 0 spiro atoms. The molecule has 0 fully saturated rings. The third kappa shape index (κ3) is 6.39. The van der Waals surface area contributed by atoms with Crippen LogP contribution in [0.2, 0.25) is 0 Å². The Kier molecular flexibility index (Phi) is 7.78. The van der Waals surface area contributed by atoms with Gasteiger partial charge in [-0.2, -0.15) is 5.26 Å². The number of hydrogen-bond donors (Lipinski definition) is 0. The number of benzene rings is 2. The fraction of sp³-hybridized carbons (Fsp3) is 0.143. The van der Waals surface area contributed by atoms with Gasteiger partial charge < -0.3 is 9.64 Å². The lowest BCUT2D eigenvalue weighted by molar-refractivity contribution is -0.126. The number of hydrogen-bond acceptors (Lipinski definition) is 3. The zero-order valence-corrected chi connectivity index (χ0v) is 16.2. The van der Waals surface area contributed by atoms with Gasteiger partial charge in [0.05, 0.1) is 0 Å². The SMILES string of the molecule is C=CCN(Cc1cc(Br)ccc1F)C(=O)/C=C/c1ccc(OCC#N)cc1. The molecule has 0 saturated heterocycles. The normalized spacial score (nSPS) is 10.4. The number of nitriles is 1. The van der Waals surface area contributed by atoms with Gasteiger partial charge in [-0.15, -0.1) is 6.58 Å². The Balaban J connectivity index is 2.07. The summed E-state index contributed by atoms with van der Waals surface area (Å²) in [6.45, 7) is 4.08. The van der Waals surface area contributed by atoms with Crippen LogP contribution in [0.1, 0.15) is 11.1 Å². The van der Waals surface area contributed by atoms with Crippen molar-refractivity contribution in [2.24, 2.45) is 0 Å². The molecular formula is C21H18BrFN2O2. The molecule has 0 saturated carbocycles. The number of amides is 1. The number of rotatable bonds is 8. The van der Waals surface area contributed by atoms with E-state index in [4.69, 9.17) is 10.00 Å². The maximum absolute atomic E-state index is 14.0. The number of nitrogens with zero attached hydrogens (tertiary/aromatic N) is 2. The highest BCUT2D eigenvalue weighted by Gasteiger charge is 2.13. The lowest BCUT2D eigenvalue weighted by atomic mass is 10.1. The fourth-order valence-electron chi connectivity index (χ4n) is 2.32. The Labute approximate surface area is 166 Å². The molecule has 2 rings (SSSR count). The first-order valence-corrected chi connectivity index (χ1v) is 8.94. The molecule has 6 heteroatoms. The van der Waals surface area contributed by atoms with E-state index in [1.165, 1.54) is 17.0 Å². The Bertz CT molecular complexity index is 873. The molecule has 2 aromatic carbocycles. The predicted octanol–water partition coefficient (Wildman–Crippen LogP) is 4.72. The molecule has 0 atom stereocenters. The molecule has 0 radical (unpaired) electrons. The van der Waals surface area contributed by atoms with E-state index < -0.39 is 0 Å². The highest BCUT2D eigenvalue weighted by atomic mass is 79.9. The monoisotopic (exact) mass is 428 g/mol. The highest BCUT2D eigenvalue weighted by Crippen LogP contribution is 2.18. The summed E-state index contributed by atoms with van der Waals surface area (Å²) < 4.78 is 19.9.